The Morgan fingerprint density at radius 1 is 1.50 bits per heavy atom. The molecule has 4 nitrogen and oxygen atoms in total. The molecule has 0 amide bonds. The summed E-state index contributed by atoms with van der Waals surface area (Å²) in [5.41, 5.74) is 1.63. The molecule has 1 aromatic heterocycles. The molecule has 0 fully saturated rings. The maximum Gasteiger partial charge on any atom is 0.350 e. The molecule has 1 heterocycles. The number of rotatable bonds is 3. The predicted octanol–water partition coefficient (Wildman–Crippen LogP) is 3.59. The fourth-order valence-corrected chi connectivity index (χ4v) is 2.87. The number of ether oxygens (including phenoxy) is 1. The second-order valence-electron chi connectivity index (χ2n) is 3.56. The maximum absolute atomic E-state index is 11.5. The number of methoxy groups -OCH3 is 1. The van der Waals surface area contributed by atoms with E-state index >= 15 is 0 Å². The Kier molecular flexibility index (Phi) is 4.18. The van der Waals surface area contributed by atoms with Crippen LogP contribution in [-0.4, -0.2) is 18.1 Å². The zero-order valence-corrected chi connectivity index (χ0v) is 12.8. The molecule has 2 rings (SSSR count). The highest BCUT2D eigenvalue weighted by molar-refractivity contribution is 14.1. The molecule has 0 unspecified atom stereocenters. The number of aromatic nitrogens is 1. The third-order valence-electron chi connectivity index (χ3n) is 2.24. The van der Waals surface area contributed by atoms with Crippen molar-refractivity contribution in [1.29, 1.82) is 0 Å². The van der Waals surface area contributed by atoms with Crippen LogP contribution in [0.2, 0.25) is 0 Å². The van der Waals surface area contributed by atoms with Gasteiger partial charge in [0, 0.05) is 9.26 Å². The number of nitrogens with one attached hydrogen (secondary N) is 1. The first-order valence-corrected chi connectivity index (χ1v) is 7.08. The normalized spacial score (nSPS) is 10.2. The number of anilines is 2. The monoisotopic (exact) mass is 374 g/mol. The number of benzene rings is 1. The SMILES string of the molecule is COC(=O)c1sc(Nc2cccc(I)c2)nc1C. The molecule has 0 bridgehead atoms. The van der Waals surface area contributed by atoms with Gasteiger partial charge >= 0.3 is 5.97 Å². The summed E-state index contributed by atoms with van der Waals surface area (Å²) in [5.74, 6) is -0.347. The summed E-state index contributed by atoms with van der Waals surface area (Å²) in [6, 6.07) is 7.94. The van der Waals surface area contributed by atoms with Gasteiger partial charge in [0.05, 0.1) is 12.8 Å². The van der Waals surface area contributed by atoms with Gasteiger partial charge in [-0.2, -0.15) is 0 Å². The van der Waals surface area contributed by atoms with Gasteiger partial charge in [0.2, 0.25) is 0 Å². The minimum Gasteiger partial charge on any atom is -0.465 e. The second kappa shape index (κ2) is 5.66. The molecule has 6 heteroatoms. The van der Waals surface area contributed by atoms with Crippen molar-refractivity contribution < 1.29 is 9.53 Å². The highest BCUT2D eigenvalue weighted by Crippen LogP contribution is 2.26. The lowest BCUT2D eigenvalue weighted by atomic mass is 10.3. The van der Waals surface area contributed by atoms with Gasteiger partial charge in [-0.3, -0.25) is 0 Å². The molecule has 0 atom stereocenters. The van der Waals surface area contributed by atoms with Gasteiger partial charge in [-0.05, 0) is 47.7 Å². The van der Waals surface area contributed by atoms with Crippen LogP contribution >= 0.6 is 33.9 Å². The van der Waals surface area contributed by atoms with E-state index in [2.05, 4.69) is 32.9 Å². The Balaban J connectivity index is 2.23. The number of carbonyl (C=O) groups is 1. The van der Waals surface area contributed by atoms with Crippen molar-refractivity contribution in [3.63, 3.8) is 0 Å². The number of carbonyl (C=O) groups excluding carboxylic acids is 1. The van der Waals surface area contributed by atoms with Gasteiger partial charge in [-0.15, -0.1) is 0 Å². The molecule has 2 aromatic rings. The Morgan fingerprint density at radius 3 is 2.94 bits per heavy atom. The Morgan fingerprint density at radius 2 is 2.28 bits per heavy atom. The highest BCUT2D eigenvalue weighted by Gasteiger charge is 2.15. The number of thiazole rings is 1. The Bertz CT molecular complexity index is 583. The van der Waals surface area contributed by atoms with Crippen LogP contribution < -0.4 is 5.32 Å². The van der Waals surface area contributed by atoms with Crippen LogP contribution in [0.4, 0.5) is 10.8 Å². The van der Waals surface area contributed by atoms with Crippen LogP contribution in [0, 0.1) is 10.5 Å². The van der Waals surface area contributed by atoms with Gasteiger partial charge in [0.15, 0.2) is 5.13 Å². The van der Waals surface area contributed by atoms with Crippen molar-refractivity contribution >= 4 is 50.7 Å². The van der Waals surface area contributed by atoms with Crippen molar-refractivity contribution in [3.05, 3.63) is 38.4 Å². The van der Waals surface area contributed by atoms with Gasteiger partial charge in [-0.25, -0.2) is 9.78 Å². The summed E-state index contributed by atoms with van der Waals surface area (Å²) >= 11 is 3.54. The molecule has 18 heavy (non-hydrogen) atoms. The van der Waals surface area contributed by atoms with E-state index in [1.165, 1.54) is 18.4 Å². The van der Waals surface area contributed by atoms with E-state index in [1.807, 2.05) is 24.3 Å². The molecule has 1 N–H and O–H groups in total. The zero-order valence-electron chi connectivity index (χ0n) is 9.86. The van der Waals surface area contributed by atoms with E-state index in [1.54, 1.807) is 6.92 Å². The summed E-state index contributed by atoms with van der Waals surface area (Å²) in [6.45, 7) is 1.79. The van der Waals surface area contributed by atoms with Gasteiger partial charge < -0.3 is 10.1 Å². The van der Waals surface area contributed by atoms with Crippen LogP contribution in [0.3, 0.4) is 0 Å². The largest absolute Gasteiger partial charge is 0.465 e. The van der Waals surface area contributed by atoms with Crippen LogP contribution in [0.1, 0.15) is 15.4 Å². The Hall–Kier alpha value is -1.15. The predicted molar refractivity (Wildman–Crippen MR) is 80.6 cm³/mol. The molecule has 0 aliphatic rings. The summed E-state index contributed by atoms with van der Waals surface area (Å²) in [6.07, 6.45) is 0. The van der Waals surface area contributed by atoms with Crippen LogP contribution in [0.25, 0.3) is 0 Å². The molecule has 0 saturated heterocycles. The molecule has 0 radical (unpaired) electrons. The van der Waals surface area contributed by atoms with E-state index in [0.717, 1.165) is 9.26 Å². The highest BCUT2D eigenvalue weighted by atomic mass is 127. The topological polar surface area (TPSA) is 51.2 Å². The maximum atomic E-state index is 11.5. The van der Waals surface area contributed by atoms with Crippen molar-refractivity contribution in [2.24, 2.45) is 0 Å². The fourth-order valence-electron chi connectivity index (χ4n) is 1.42. The minimum absolute atomic E-state index is 0.347. The first-order chi connectivity index (χ1) is 8.60. The third kappa shape index (κ3) is 2.99. The van der Waals surface area contributed by atoms with Gasteiger partial charge in [0.1, 0.15) is 4.88 Å². The van der Waals surface area contributed by atoms with E-state index in [0.29, 0.717) is 15.7 Å². The van der Waals surface area contributed by atoms with E-state index < -0.39 is 0 Å². The molecule has 94 valence electrons. The lowest BCUT2D eigenvalue weighted by Crippen LogP contribution is -1.99. The number of halogens is 1. The number of hydrogen-bond acceptors (Lipinski definition) is 5. The first-order valence-electron chi connectivity index (χ1n) is 5.18. The lowest BCUT2D eigenvalue weighted by molar-refractivity contribution is 0.0605. The summed E-state index contributed by atoms with van der Waals surface area (Å²) in [4.78, 5) is 16.3. The molecule has 0 saturated carbocycles. The molecular formula is C12H11IN2O2S. The number of aryl methyl sites for hydroxylation is 1. The number of hydrogen-bond donors (Lipinski definition) is 1. The fraction of sp³-hybridized carbons (Fsp3) is 0.167. The molecule has 0 aliphatic carbocycles. The second-order valence-corrected chi connectivity index (χ2v) is 5.81. The van der Waals surface area contributed by atoms with Gasteiger partial charge in [-0.1, -0.05) is 17.4 Å². The smallest absolute Gasteiger partial charge is 0.350 e. The van der Waals surface area contributed by atoms with Crippen molar-refractivity contribution in [1.82, 2.24) is 4.98 Å². The van der Waals surface area contributed by atoms with E-state index in [4.69, 9.17) is 4.74 Å². The zero-order chi connectivity index (χ0) is 13.1. The minimum atomic E-state index is -0.347. The summed E-state index contributed by atoms with van der Waals surface area (Å²) in [5, 5.41) is 3.87. The van der Waals surface area contributed by atoms with E-state index in [-0.39, 0.29) is 5.97 Å². The molecular weight excluding hydrogens is 363 g/mol. The van der Waals surface area contributed by atoms with Gasteiger partial charge in [0.25, 0.3) is 0 Å². The van der Waals surface area contributed by atoms with Crippen LogP contribution in [-0.2, 0) is 4.74 Å². The van der Waals surface area contributed by atoms with Crippen molar-refractivity contribution in [3.8, 4) is 0 Å². The van der Waals surface area contributed by atoms with Crippen molar-refractivity contribution in [2.45, 2.75) is 6.92 Å². The first kappa shape index (κ1) is 13.3. The summed E-state index contributed by atoms with van der Waals surface area (Å²) in [7, 11) is 1.37. The molecule has 0 aliphatic heterocycles. The summed E-state index contributed by atoms with van der Waals surface area (Å²) < 4.78 is 5.84. The average molecular weight is 374 g/mol. The van der Waals surface area contributed by atoms with E-state index in [9.17, 15) is 4.79 Å². The molecule has 0 spiro atoms. The standard InChI is InChI=1S/C12H11IN2O2S/c1-7-10(11(16)17-2)18-12(14-7)15-9-5-3-4-8(13)6-9/h3-6H,1-2H3,(H,14,15). The van der Waals surface area contributed by atoms with Crippen LogP contribution in [0.15, 0.2) is 24.3 Å². The number of nitrogens with zero attached hydrogens (tertiary/aromatic N) is 1. The quantitative estimate of drug-likeness (QED) is 0.659. The lowest BCUT2D eigenvalue weighted by Gasteiger charge is -2.01. The number of esters is 1. The van der Waals surface area contributed by atoms with Crippen LogP contribution in [0.5, 0.6) is 0 Å². The Labute approximate surface area is 123 Å². The third-order valence-corrected chi connectivity index (χ3v) is 3.97. The van der Waals surface area contributed by atoms with Crippen molar-refractivity contribution in [2.75, 3.05) is 12.4 Å². The average Bonchev–Trinajstić information content (AvgIpc) is 2.69. The molecule has 1 aromatic carbocycles.